The zero-order valence-electron chi connectivity index (χ0n) is 13.8. The van der Waals surface area contributed by atoms with Crippen LogP contribution in [0.4, 0.5) is 5.69 Å². The Hall–Kier alpha value is -1.76. The topological polar surface area (TPSA) is 63.7 Å². The molecule has 1 aliphatic rings. The molecule has 0 unspecified atom stereocenters. The predicted octanol–water partition coefficient (Wildman–Crippen LogP) is 3.59. The molecular formula is C18H17Cl2NO4S. The molecule has 3 rings (SSSR count). The zero-order chi connectivity index (χ0) is 18.7. The number of rotatable bonds is 5. The lowest BCUT2D eigenvalue weighted by Crippen LogP contribution is -2.43. The highest BCUT2D eigenvalue weighted by molar-refractivity contribution is 7.91. The van der Waals surface area contributed by atoms with Crippen molar-refractivity contribution < 1.29 is 17.9 Å². The molecule has 26 heavy (non-hydrogen) atoms. The van der Waals surface area contributed by atoms with E-state index in [2.05, 4.69) is 0 Å². The molecule has 0 saturated carbocycles. The molecule has 138 valence electrons. The smallest absolute Gasteiger partial charge is 0.265 e. The van der Waals surface area contributed by atoms with Crippen molar-refractivity contribution in [2.24, 2.45) is 0 Å². The maximum atomic E-state index is 12.8. The summed E-state index contributed by atoms with van der Waals surface area (Å²) in [5.41, 5.74) is 0.639. The van der Waals surface area contributed by atoms with Gasteiger partial charge < -0.3 is 9.64 Å². The fourth-order valence-electron chi connectivity index (χ4n) is 2.93. The van der Waals surface area contributed by atoms with E-state index in [1.54, 1.807) is 42.5 Å². The Bertz CT molecular complexity index is 903. The number of para-hydroxylation sites is 1. The van der Waals surface area contributed by atoms with Crippen LogP contribution in [0.5, 0.6) is 5.75 Å². The van der Waals surface area contributed by atoms with E-state index in [1.807, 2.05) is 6.07 Å². The van der Waals surface area contributed by atoms with E-state index >= 15 is 0 Å². The Morgan fingerprint density at radius 3 is 2.50 bits per heavy atom. The summed E-state index contributed by atoms with van der Waals surface area (Å²) in [7, 11) is -3.13. The number of benzene rings is 2. The van der Waals surface area contributed by atoms with Crippen LogP contribution < -0.4 is 9.64 Å². The molecule has 2 aromatic carbocycles. The minimum absolute atomic E-state index is 0.0500. The second-order valence-electron chi connectivity index (χ2n) is 6.00. The molecule has 1 atom stereocenters. The molecule has 0 bridgehead atoms. The average Bonchev–Trinajstić information content (AvgIpc) is 2.97. The number of carbonyl (C=O) groups is 1. The highest BCUT2D eigenvalue weighted by atomic mass is 35.5. The van der Waals surface area contributed by atoms with Gasteiger partial charge >= 0.3 is 0 Å². The number of ether oxygens (including phenoxy) is 1. The van der Waals surface area contributed by atoms with Crippen LogP contribution in [0.3, 0.4) is 0 Å². The van der Waals surface area contributed by atoms with Gasteiger partial charge in [-0.3, -0.25) is 4.79 Å². The summed E-state index contributed by atoms with van der Waals surface area (Å²) in [6.07, 6.45) is 0.404. The largest absolute Gasteiger partial charge is 0.482 e. The molecule has 5 nitrogen and oxygen atoms in total. The maximum Gasteiger partial charge on any atom is 0.265 e. The van der Waals surface area contributed by atoms with Crippen LogP contribution in [0.25, 0.3) is 0 Å². The number of halogens is 2. The summed E-state index contributed by atoms with van der Waals surface area (Å²) >= 11 is 12.0. The quantitative estimate of drug-likeness (QED) is 0.750. The molecule has 2 aromatic rings. The SMILES string of the molecule is O=C(COc1cccc(Cl)c1Cl)N(c1ccccc1)[C@@H]1CCS(=O)(=O)C1. The van der Waals surface area contributed by atoms with E-state index < -0.39 is 15.9 Å². The first-order valence-electron chi connectivity index (χ1n) is 8.02. The van der Waals surface area contributed by atoms with Crippen LogP contribution in [0.15, 0.2) is 48.5 Å². The fourth-order valence-corrected chi connectivity index (χ4v) is 4.98. The van der Waals surface area contributed by atoms with E-state index in [-0.39, 0.29) is 29.0 Å². The summed E-state index contributed by atoms with van der Waals surface area (Å²) in [6.45, 7) is -0.272. The van der Waals surface area contributed by atoms with Gasteiger partial charge in [0.15, 0.2) is 16.4 Å². The highest BCUT2D eigenvalue weighted by Crippen LogP contribution is 2.32. The lowest BCUT2D eigenvalue weighted by atomic mass is 10.2. The second kappa shape index (κ2) is 7.86. The van der Waals surface area contributed by atoms with Crippen molar-refractivity contribution in [3.63, 3.8) is 0 Å². The average molecular weight is 414 g/mol. The molecule has 1 amide bonds. The van der Waals surface area contributed by atoms with Crippen LogP contribution >= 0.6 is 23.2 Å². The van der Waals surface area contributed by atoms with Crippen molar-refractivity contribution >= 4 is 44.6 Å². The summed E-state index contributed by atoms with van der Waals surface area (Å²) < 4.78 is 29.3. The molecule has 1 heterocycles. The Labute approximate surface area is 162 Å². The highest BCUT2D eigenvalue weighted by Gasteiger charge is 2.35. The third kappa shape index (κ3) is 4.31. The predicted molar refractivity (Wildman–Crippen MR) is 103 cm³/mol. The van der Waals surface area contributed by atoms with Gasteiger partial charge in [0.25, 0.3) is 5.91 Å². The van der Waals surface area contributed by atoms with Crippen LogP contribution in [0, 0.1) is 0 Å². The Kier molecular flexibility index (Phi) is 5.75. The molecule has 1 aliphatic heterocycles. The summed E-state index contributed by atoms with van der Waals surface area (Å²) in [5, 5.41) is 0.565. The number of anilines is 1. The Balaban J connectivity index is 1.80. The number of amides is 1. The Morgan fingerprint density at radius 2 is 1.85 bits per heavy atom. The number of carbonyl (C=O) groups excluding carboxylic acids is 1. The second-order valence-corrected chi connectivity index (χ2v) is 9.01. The minimum Gasteiger partial charge on any atom is -0.482 e. The standard InChI is InChI=1S/C18H17Cl2NO4S/c19-15-7-4-8-16(18(15)20)25-11-17(22)21(13-5-2-1-3-6-13)14-9-10-26(23,24)12-14/h1-8,14H,9-12H2/t14-/m1/s1. The summed E-state index contributed by atoms with van der Waals surface area (Å²) in [4.78, 5) is 14.3. The van der Waals surface area contributed by atoms with E-state index in [1.165, 1.54) is 4.90 Å². The molecular weight excluding hydrogens is 397 g/mol. The van der Waals surface area contributed by atoms with Gasteiger partial charge in [-0.05, 0) is 30.7 Å². The Morgan fingerprint density at radius 1 is 1.12 bits per heavy atom. The fraction of sp³-hybridized carbons (Fsp3) is 0.278. The van der Waals surface area contributed by atoms with Crippen molar-refractivity contribution in [3.05, 3.63) is 58.6 Å². The third-order valence-electron chi connectivity index (χ3n) is 4.14. The lowest BCUT2D eigenvalue weighted by molar-refractivity contribution is -0.121. The van der Waals surface area contributed by atoms with Crippen molar-refractivity contribution in [1.29, 1.82) is 0 Å². The molecule has 0 N–H and O–H groups in total. The third-order valence-corrected chi connectivity index (χ3v) is 6.70. The maximum absolute atomic E-state index is 12.8. The first-order chi connectivity index (χ1) is 12.4. The number of sulfone groups is 1. The normalized spacial score (nSPS) is 18.5. The number of hydrogen-bond donors (Lipinski definition) is 0. The van der Waals surface area contributed by atoms with Gasteiger partial charge in [0.2, 0.25) is 0 Å². The van der Waals surface area contributed by atoms with Gasteiger partial charge in [-0.25, -0.2) is 8.42 Å². The minimum atomic E-state index is -3.13. The first-order valence-corrected chi connectivity index (χ1v) is 10.6. The van der Waals surface area contributed by atoms with E-state index in [0.717, 1.165) is 0 Å². The van der Waals surface area contributed by atoms with Gasteiger partial charge in [0.1, 0.15) is 10.8 Å². The molecule has 0 aliphatic carbocycles. The van der Waals surface area contributed by atoms with E-state index in [9.17, 15) is 13.2 Å². The van der Waals surface area contributed by atoms with E-state index in [0.29, 0.717) is 22.9 Å². The van der Waals surface area contributed by atoms with Gasteiger partial charge in [-0.1, -0.05) is 47.5 Å². The van der Waals surface area contributed by atoms with Crippen LogP contribution in [0.2, 0.25) is 10.0 Å². The zero-order valence-corrected chi connectivity index (χ0v) is 16.1. The molecule has 0 radical (unpaired) electrons. The van der Waals surface area contributed by atoms with Crippen molar-refractivity contribution in [2.75, 3.05) is 23.0 Å². The van der Waals surface area contributed by atoms with Crippen LogP contribution in [-0.2, 0) is 14.6 Å². The first kappa shape index (κ1) is 19.0. The van der Waals surface area contributed by atoms with Crippen molar-refractivity contribution in [1.82, 2.24) is 0 Å². The number of hydrogen-bond acceptors (Lipinski definition) is 4. The summed E-state index contributed by atoms with van der Waals surface area (Å²) in [6, 6.07) is 13.5. The van der Waals surface area contributed by atoms with Crippen molar-refractivity contribution in [3.8, 4) is 5.75 Å². The van der Waals surface area contributed by atoms with Crippen LogP contribution in [0.1, 0.15) is 6.42 Å². The van der Waals surface area contributed by atoms with Gasteiger partial charge in [-0.2, -0.15) is 0 Å². The monoisotopic (exact) mass is 413 g/mol. The van der Waals surface area contributed by atoms with Gasteiger partial charge in [-0.15, -0.1) is 0 Å². The van der Waals surface area contributed by atoms with Gasteiger partial charge in [0.05, 0.1) is 22.6 Å². The molecule has 8 heteroatoms. The summed E-state index contributed by atoms with van der Waals surface area (Å²) in [5.74, 6) is -0.00483. The lowest BCUT2D eigenvalue weighted by Gasteiger charge is -2.28. The molecule has 1 fully saturated rings. The molecule has 0 spiro atoms. The number of nitrogens with zero attached hydrogens (tertiary/aromatic N) is 1. The van der Waals surface area contributed by atoms with Crippen LogP contribution in [-0.4, -0.2) is 38.5 Å². The van der Waals surface area contributed by atoms with Gasteiger partial charge in [0, 0.05) is 5.69 Å². The molecule has 1 saturated heterocycles. The van der Waals surface area contributed by atoms with Crippen molar-refractivity contribution in [2.45, 2.75) is 12.5 Å². The van der Waals surface area contributed by atoms with E-state index in [4.69, 9.17) is 27.9 Å². The molecule has 0 aromatic heterocycles.